The van der Waals surface area contributed by atoms with Gasteiger partial charge in [0, 0.05) is 40.3 Å². The molecule has 0 saturated carbocycles. The Labute approximate surface area is 177 Å². The van der Waals surface area contributed by atoms with Gasteiger partial charge in [0.2, 0.25) is 17.5 Å². The van der Waals surface area contributed by atoms with Crippen LogP contribution in [0.5, 0.6) is 0 Å². The fraction of sp³-hybridized carbons (Fsp3) is 0.368. The summed E-state index contributed by atoms with van der Waals surface area (Å²) in [6.45, 7) is 1.75. The van der Waals surface area contributed by atoms with Crippen molar-refractivity contribution in [1.82, 2.24) is 29.8 Å². The van der Waals surface area contributed by atoms with Crippen LogP contribution >= 0.6 is 0 Å². The second-order valence-corrected chi connectivity index (χ2v) is 7.13. The molecule has 0 aromatic carbocycles. The quantitative estimate of drug-likeness (QED) is 0.571. The third-order valence-corrected chi connectivity index (χ3v) is 4.86. The molecular weight excluding hydrogens is 404 g/mol. The molecule has 4 rings (SSSR count). The molecule has 0 radical (unpaired) electrons. The lowest BCUT2D eigenvalue weighted by Crippen LogP contribution is -2.49. The summed E-state index contributed by atoms with van der Waals surface area (Å²) < 4.78 is 12.4. The van der Waals surface area contributed by atoms with E-state index < -0.39 is 0 Å². The second kappa shape index (κ2) is 8.31. The van der Waals surface area contributed by atoms with E-state index in [0.29, 0.717) is 37.8 Å². The number of furan rings is 1. The van der Waals surface area contributed by atoms with Crippen LogP contribution in [0.1, 0.15) is 16.2 Å². The van der Waals surface area contributed by atoms with Crippen molar-refractivity contribution in [3.05, 3.63) is 36.0 Å². The highest BCUT2D eigenvalue weighted by atomic mass is 16.4. The van der Waals surface area contributed by atoms with Gasteiger partial charge in [-0.2, -0.15) is 10.2 Å². The minimum absolute atomic E-state index is 0.0154. The Kier molecular flexibility index (Phi) is 5.40. The van der Waals surface area contributed by atoms with E-state index in [2.05, 4.69) is 15.3 Å². The summed E-state index contributed by atoms with van der Waals surface area (Å²) in [5, 5.41) is 17.2. The van der Waals surface area contributed by atoms with E-state index >= 15 is 0 Å². The van der Waals surface area contributed by atoms with Gasteiger partial charge in [0.05, 0.1) is 12.5 Å². The van der Waals surface area contributed by atoms with Crippen LogP contribution in [0.25, 0.3) is 11.7 Å². The van der Waals surface area contributed by atoms with Crippen LogP contribution in [0.15, 0.2) is 33.4 Å². The van der Waals surface area contributed by atoms with Crippen LogP contribution in [0, 0.1) is 11.3 Å². The summed E-state index contributed by atoms with van der Waals surface area (Å²) in [5.74, 6) is 0.616. The number of anilines is 1. The zero-order valence-electron chi connectivity index (χ0n) is 17.1. The van der Waals surface area contributed by atoms with Gasteiger partial charge in [0.1, 0.15) is 12.6 Å². The van der Waals surface area contributed by atoms with Gasteiger partial charge in [-0.3, -0.25) is 9.59 Å². The lowest BCUT2D eigenvalue weighted by Gasteiger charge is -2.34. The molecule has 3 aromatic rings. The Morgan fingerprint density at radius 2 is 2.03 bits per heavy atom. The molecule has 0 aliphatic carbocycles. The summed E-state index contributed by atoms with van der Waals surface area (Å²) in [5.41, 5.74) is 0.345. The lowest BCUT2D eigenvalue weighted by molar-refractivity contribution is -0.129. The maximum atomic E-state index is 12.8. The van der Waals surface area contributed by atoms with Gasteiger partial charge >= 0.3 is 0 Å². The molecule has 1 aliphatic heterocycles. The van der Waals surface area contributed by atoms with E-state index in [1.54, 1.807) is 31.1 Å². The SMILES string of the molecule is CN(C)C(=O)Cn1cc(C(=O)N2CCN(c3oc(-c4ccco4)nc3C#N)CC2)nn1. The number of hydrogen-bond donors (Lipinski definition) is 0. The van der Waals surface area contributed by atoms with Crippen molar-refractivity contribution in [2.75, 3.05) is 45.2 Å². The molecule has 160 valence electrons. The van der Waals surface area contributed by atoms with E-state index in [-0.39, 0.29) is 35.6 Å². The van der Waals surface area contributed by atoms with Crippen molar-refractivity contribution in [2.24, 2.45) is 0 Å². The molecule has 12 nitrogen and oxygen atoms in total. The summed E-state index contributed by atoms with van der Waals surface area (Å²) in [7, 11) is 3.29. The van der Waals surface area contributed by atoms with Crippen LogP contribution in [-0.2, 0) is 11.3 Å². The highest BCUT2D eigenvalue weighted by molar-refractivity contribution is 5.92. The Hall–Kier alpha value is -4.14. The van der Waals surface area contributed by atoms with Gasteiger partial charge in [-0.05, 0) is 12.1 Å². The highest BCUT2D eigenvalue weighted by Crippen LogP contribution is 2.29. The number of nitriles is 1. The number of hydrogen-bond acceptors (Lipinski definition) is 9. The fourth-order valence-corrected chi connectivity index (χ4v) is 3.13. The first-order chi connectivity index (χ1) is 15.0. The van der Waals surface area contributed by atoms with Gasteiger partial charge in [-0.1, -0.05) is 5.21 Å². The highest BCUT2D eigenvalue weighted by Gasteiger charge is 2.28. The summed E-state index contributed by atoms with van der Waals surface area (Å²) in [4.78, 5) is 33.7. The zero-order chi connectivity index (χ0) is 22.0. The smallest absolute Gasteiger partial charge is 0.276 e. The molecule has 12 heteroatoms. The fourth-order valence-electron chi connectivity index (χ4n) is 3.13. The molecule has 0 bridgehead atoms. The number of amides is 2. The van der Waals surface area contributed by atoms with Crippen LogP contribution in [0.3, 0.4) is 0 Å². The molecule has 0 unspecified atom stereocenters. The molecule has 1 fully saturated rings. The first kappa shape index (κ1) is 20.1. The lowest BCUT2D eigenvalue weighted by atomic mass is 10.2. The second-order valence-electron chi connectivity index (χ2n) is 7.13. The summed E-state index contributed by atoms with van der Waals surface area (Å²) >= 11 is 0. The first-order valence-corrected chi connectivity index (χ1v) is 9.55. The van der Waals surface area contributed by atoms with E-state index in [1.165, 1.54) is 22.0 Å². The Morgan fingerprint density at radius 1 is 1.26 bits per heavy atom. The van der Waals surface area contributed by atoms with Crippen LogP contribution < -0.4 is 4.90 Å². The number of carbonyl (C=O) groups is 2. The van der Waals surface area contributed by atoms with E-state index in [1.807, 2.05) is 11.0 Å². The number of oxazole rings is 1. The van der Waals surface area contributed by atoms with Gasteiger partial charge < -0.3 is 23.5 Å². The molecule has 4 heterocycles. The average molecular weight is 424 g/mol. The number of likely N-dealkylation sites (N-methyl/N-ethyl adjacent to an activating group) is 1. The molecule has 3 aromatic heterocycles. The Morgan fingerprint density at radius 3 is 2.68 bits per heavy atom. The van der Waals surface area contributed by atoms with E-state index in [0.717, 1.165) is 0 Å². The monoisotopic (exact) mass is 424 g/mol. The molecule has 0 N–H and O–H groups in total. The topological polar surface area (TPSA) is 138 Å². The summed E-state index contributed by atoms with van der Waals surface area (Å²) in [6.07, 6.45) is 2.97. The minimum Gasteiger partial charge on any atom is -0.459 e. The van der Waals surface area contributed by atoms with Gasteiger partial charge in [0.15, 0.2) is 11.5 Å². The molecule has 0 spiro atoms. The van der Waals surface area contributed by atoms with E-state index in [9.17, 15) is 14.9 Å². The largest absolute Gasteiger partial charge is 0.459 e. The van der Waals surface area contributed by atoms with Gasteiger partial charge in [0.25, 0.3) is 11.8 Å². The maximum absolute atomic E-state index is 12.8. The summed E-state index contributed by atoms with van der Waals surface area (Å²) in [6, 6.07) is 5.45. The third-order valence-electron chi connectivity index (χ3n) is 4.86. The molecule has 1 saturated heterocycles. The number of rotatable bonds is 5. The van der Waals surface area contributed by atoms with Gasteiger partial charge in [-0.15, -0.1) is 5.10 Å². The van der Waals surface area contributed by atoms with Gasteiger partial charge in [-0.25, -0.2) is 4.68 Å². The van der Waals surface area contributed by atoms with Crippen molar-refractivity contribution >= 4 is 17.7 Å². The van der Waals surface area contributed by atoms with Crippen molar-refractivity contribution in [3.63, 3.8) is 0 Å². The van der Waals surface area contributed by atoms with Crippen LogP contribution in [0.4, 0.5) is 5.88 Å². The minimum atomic E-state index is -0.266. The molecular formula is C19H20N8O4. The van der Waals surface area contributed by atoms with Crippen molar-refractivity contribution in [1.29, 1.82) is 5.26 Å². The number of nitrogens with zero attached hydrogens (tertiary/aromatic N) is 8. The number of piperazine rings is 1. The van der Waals surface area contributed by atoms with E-state index in [4.69, 9.17) is 8.83 Å². The van der Waals surface area contributed by atoms with Crippen LogP contribution in [-0.4, -0.2) is 81.9 Å². The first-order valence-electron chi connectivity index (χ1n) is 9.55. The molecule has 2 amide bonds. The molecule has 1 aliphatic rings. The standard InChI is InChI=1S/C19H20N8O4/c1-24(2)16(28)12-27-11-14(22-23-27)18(29)25-5-7-26(8-6-25)19-13(10-20)21-17(31-19)15-4-3-9-30-15/h3-4,9,11H,5-8,12H2,1-2H3. The number of aromatic nitrogens is 4. The Bertz CT molecular complexity index is 1120. The predicted octanol–water partition coefficient (Wildman–Crippen LogP) is 0.448. The molecule has 31 heavy (non-hydrogen) atoms. The van der Waals surface area contributed by atoms with Crippen molar-refractivity contribution in [2.45, 2.75) is 6.54 Å². The zero-order valence-corrected chi connectivity index (χ0v) is 17.1. The average Bonchev–Trinajstić information content (AvgIpc) is 3.53. The van der Waals surface area contributed by atoms with Crippen molar-refractivity contribution in [3.8, 4) is 17.7 Å². The normalized spacial score (nSPS) is 13.8. The maximum Gasteiger partial charge on any atom is 0.276 e. The Balaban J connectivity index is 1.40. The third kappa shape index (κ3) is 4.11. The number of carbonyl (C=O) groups excluding carboxylic acids is 2. The van der Waals surface area contributed by atoms with Crippen LogP contribution in [0.2, 0.25) is 0 Å². The molecule has 0 atom stereocenters. The predicted molar refractivity (Wildman–Crippen MR) is 106 cm³/mol. The van der Waals surface area contributed by atoms with Crippen molar-refractivity contribution < 1.29 is 18.4 Å².